The van der Waals surface area contributed by atoms with Crippen molar-refractivity contribution in [3.05, 3.63) is 35.4 Å². The van der Waals surface area contributed by atoms with Gasteiger partial charge in [-0.3, -0.25) is 4.79 Å². The molecule has 1 aliphatic carbocycles. The Morgan fingerprint density at radius 1 is 1.19 bits per heavy atom. The fourth-order valence-corrected chi connectivity index (χ4v) is 2.76. The molecule has 0 aliphatic heterocycles. The molecule has 0 spiro atoms. The topological polar surface area (TPSA) is 43.1 Å². The fourth-order valence-electron chi connectivity index (χ4n) is 2.46. The molecule has 86 valence electrons. The van der Waals surface area contributed by atoms with Crippen LogP contribution in [0.1, 0.15) is 47.5 Å². The molecule has 2 nitrogen and oxygen atoms in total. The lowest BCUT2D eigenvalue weighted by Crippen LogP contribution is -2.19. The standard InChI is InChI=1S/C13H17NOS/c14-13(15)12-4-2-1-3-11(12)9-5-7-10(16)8-6-9/h1-4,9-10,16H,5-8H2,(H2,14,15). The Balaban J connectivity index is 2.23. The van der Waals surface area contributed by atoms with Crippen molar-refractivity contribution in [3.63, 3.8) is 0 Å². The van der Waals surface area contributed by atoms with Gasteiger partial charge in [0.25, 0.3) is 0 Å². The molecular weight excluding hydrogens is 218 g/mol. The second-order valence-corrected chi connectivity index (χ2v) is 5.19. The van der Waals surface area contributed by atoms with Crippen LogP contribution in [0.5, 0.6) is 0 Å². The highest BCUT2D eigenvalue weighted by molar-refractivity contribution is 7.80. The lowest BCUT2D eigenvalue weighted by atomic mass is 9.82. The molecular formula is C13H17NOS. The van der Waals surface area contributed by atoms with Gasteiger partial charge in [-0.25, -0.2) is 0 Å². The molecule has 0 aromatic heterocycles. The summed E-state index contributed by atoms with van der Waals surface area (Å²) in [5.74, 6) is 0.163. The molecule has 16 heavy (non-hydrogen) atoms. The highest BCUT2D eigenvalue weighted by Crippen LogP contribution is 2.35. The van der Waals surface area contributed by atoms with Gasteiger partial charge < -0.3 is 5.73 Å². The van der Waals surface area contributed by atoms with Gasteiger partial charge in [-0.05, 0) is 43.2 Å². The first kappa shape index (κ1) is 11.5. The Labute approximate surface area is 102 Å². The van der Waals surface area contributed by atoms with E-state index in [1.807, 2.05) is 24.3 Å². The number of nitrogens with two attached hydrogens (primary N) is 1. The second kappa shape index (κ2) is 4.91. The minimum Gasteiger partial charge on any atom is -0.366 e. The third kappa shape index (κ3) is 2.40. The van der Waals surface area contributed by atoms with Gasteiger partial charge in [-0.15, -0.1) is 0 Å². The lowest BCUT2D eigenvalue weighted by Gasteiger charge is -2.27. The van der Waals surface area contributed by atoms with Crippen molar-refractivity contribution in [2.45, 2.75) is 36.9 Å². The fraction of sp³-hybridized carbons (Fsp3) is 0.462. The Morgan fingerprint density at radius 2 is 1.81 bits per heavy atom. The molecule has 0 heterocycles. The second-order valence-electron chi connectivity index (χ2n) is 4.46. The van der Waals surface area contributed by atoms with Crippen LogP contribution in [0.15, 0.2) is 24.3 Å². The predicted octanol–water partition coefficient (Wildman–Crippen LogP) is 2.74. The van der Waals surface area contributed by atoms with E-state index < -0.39 is 0 Å². The number of benzene rings is 1. The maximum atomic E-state index is 11.3. The molecule has 0 saturated heterocycles. The SMILES string of the molecule is NC(=O)c1ccccc1C1CCC(S)CC1. The summed E-state index contributed by atoms with van der Waals surface area (Å²) in [4.78, 5) is 11.3. The highest BCUT2D eigenvalue weighted by Gasteiger charge is 2.23. The van der Waals surface area contributed by atoms with Crippen molar-refractivity contribution in [1.82, 2.24) is 0 Å². The first-order valence-electron chi connectivity index (χ1n) is 5.75. The molecule has 0 unspecified atom stereocenters. The summed E-state index contributed by atoms with van der Waals surface area (Å²) >= 11 is 4.49. The van der Waals surface area contributed by atoms with E-state index in [0.29, 0.717) is 16.7 Å². The summed E-state index contributed by atoms with van der Waals surface area (Å²) in [7, 11) is 0. The van der Waals surface area contributed by atoms with Crippen molar-refractivity contribution in [3.8, 4) is 0 Å². The molecule has 1 fully saturated rings. The molecule has 2 N–H and O–H groups in total. The Morgan fingerprint density at radius 3 is 2.44 bits per heavy atom. The summed E-state index contributed by atoms with van der Waals surface area (Å²) in [5, 5.41) is 0.525. The Bertz CT molecular complexity index is 383. The van der Waals surface area contributed by atoms with Gasteiger partial charge in [0.1, 0.15) is 0 Å². The predicted molar refractivity (Wildman–Crippen MR) is 68.9 cm³/mol. The molecule has 0 radical (unpaired) electrons. The minimum absolute atomic E-state index is 0.316. The van der Waals surface area contributed by atoms with Crippen molar-refractivity contribution in [1.29, 1.82) is 0 Å². The molecule has 0 atom stereocenters. The quantitative estimate of drug-likeness (QED) is 0.760. The number of carbonyl (C=O) groups excluding carboxylic acids is 1. The number of rotatable bonds is 2. The van der Waals surface area contributed by atoms with Crippen LogP contribution in [-0.2, 0) is 0 Å². The number of hydrogen-bond donors (Lipinski definition) is 2. The lowest BCUT2D eigenvalue weighted by molar-refractivity contribution is 0.0998. The van der Waals surface area contributed by atoms with Crippen molar-refractivity contribution in [2.75, 3.05) is 0 Å². The molecule has 3 heteroatoms. The summed E-state index contributed by atoms with van der Waals surface area (Å²) < 4.78 is 0. The van der Waals surface area contributed by atoms with Crippen LogP contribution in [0.25, 0.3) is 0 Å². The van der Waals surface area contributed by atoms with Crippen molar-refractivity contribution >= 4 is 18.5 Å². The van der Waals surface area contributed by atoms with Crippen LogP contribution in [0.4, 0.5) is 0 Å². The summed E-state index contributed by atoms with van der Waals surface area (Å²) in [6, 6.07) is 7.70. The molecule has 0 bridgehead atoms. The van der Waals surface area contributed by atoms with Crippen molar-refractivity contribution in [2.24, 2.45) is 5.73 Å². The first-order chi connectivity index (χ1) is 7.68. The Hall–Kier alpha value is -0.960. The molecule has 2 rings (SSSR count). The zero-order valence-electron chi connectivity index (χ0n) is 9.23. The largest absolute Gasteiger partial charge is 0.366 e. The molecule has 1 aromatic rings. The van der Waals surface area contributed by atoms with Gasteiger partial charge >= 0.3 is 0 Å². The number of thiol groups is 1. The van der Waals surface area contributed by atoms with Crippen LogP contribution >= 0.6 is 12.6 Å². The number of amides is 1. The number of primary amides is 1. The zero-order chi connectivity index (χ0) is 11.5. The van der Waals surface area contributed by atoms with Gasteiger partial charge in [0, 0.05) is 10.8 Å². The van der Waals surface area contributed by atoms with Crippen LogP contribution in [0.2, 0.25) is 0 Å². The number of carbonyl (C=O) groups is 1. The molecule has 1 aliphatic rings. The monoisotopic (exact) mass is 235 g/mol. The van der Waals surface area contributed by atoms with Gasteiger partial charge in [-0.2, -0.15) is 12.6 Å². The van der Waals surface area contributed by atoms with Gasteiger partial charge in [0.15, 0.2) is 0 Å². The van der Waals surface area contributed by atoms with Gasteiger partial charge in [0.2, 0.25) is 5.91 Å². The average molecular weight is 235 g/mol. The van der Waals surface area contributed by atoms with Crippen LogP contribution in [-0.4, -0.2) is 11.2 Å². The first-order valence-corrected chi connectivity index (χ1v) is 6.27. The Kier molecular flexibility index (Phi) is 3.54. The molecule has 1 saturated carbocycles. The minimum atomic E-state index is -0.316. The van der Waals surface area contributed by atoms with E-state index in [1.165, 1.54) is 0 Å². The van der Waals surface area contributed by atoms with Crippen molar-refractivity contribution < 1.29 is 4.79 Å². The van der Waals surface area contributed by atoms with E-state index in [0.717, 1.165) is 31.2 Å². The molecule has 1 aromatic carbocycles. The van der Waals surface area contributed by atoms with Gasteiger partial charge in [0.05, 0.1) is 0 Å². The van der Waals surface area contributed by atoms with E-state index in [-0.39, 0.29) is 5.91 Å². The summed E-state index contributed by atoms with van der Waals surface area (Å²) in [5.41, 5.74) is 7.20. The third-order valence-electron chi connectivity index (χ3n) is 3.36. The number of hydrogen-bond acceptors (Lipinski definition) is 2. The zero-order valence-corrected chi connectivity index (χ0v) is 10.1. The van der Waals surface area contributed by atoms with E-state index in [1.54, 1.807) is 0 Å². The highest BCUT2D eigenvalue weighted by atomic mass is 32.1. The van der Waals surface area contributed by atoms with Gasteiger partial charge in [-0.1, -0.05) is 18.2 Å². The smallest absolute Gasteiger partial charge is 0.248 e. The van der Waals surface area contributed by atoms with E-state index in [4.69, 9.17) is 5.73 Å². The normalized spacial score (nSPS) is 25.3. The van der Waals surface area contributed by atoms with Crippen LogP contribution < -0.4 is 5.73 Å². The maximum absolute atomic E-state index is 11.3. The van der Waals surface area contributed by atoms with E-state index in [9.17, 15) is 4.79 Å². The average Bonchev–Trinajstić information content (AvgIpc) is 2.30. The van der Waals surface area contributed by atoms with E-state index in [2.05, 4.69) is 12.6 Å². The summed E-state index contributed by atoms with van der Waals surface area (Å²) in [6.45, 7) is 0. The summed E-state index contributed by atoms with van der Waals surface area (Å²) in [6.07, 6.45) is 4.47. The van der Waals surface area contributed by atoms with Crippen LogP contribution in [0.3, 0.4) is 0 Å². The van der Waals surface area contributed by atoms with E-state index >= 15 is 0 Å². The maximum Gasteiger partial charge on any atom is 0.248 e. The molecule has 1 amide bonds. The third-order valence-corrected chi connectivity index (χ3v) is 3.88. The van der Waals surface area contributed by atoms with Crippen LogP contribution in [0, 0.1) is 0 Å².